The molecule has 1 heterocycles. The number of ether oxygens (including phenoxy) is 1. The van der Waals surface area contributed by atoms with Crippen LogP contribution in [0.3, 0.4) is 0 Å². The van der Waals surface area contributed by atoms with Crippen molar-refractivity contribution in [3.63, 3.8) is 0 Å². The van der Waals surface area contributed by atoms with Crippen LogP contribution in [0.5, 0.6) is 5.75 Å². The maximum absolute atomic E-state index is 12.5. The van der Waals surface area contributed by atoms with Gasteiger partial charge in [-0.3, -0.25) is 9.00 Å². The van der Waals surface area contributed by atoms with Crippen molar-refractivity contribution >= 4 is 16.7 Å². The van der Waals surface area contributed by atoms with Gasteiger partial charge in [0.25, 0.3) is 5.91 Å². The summed E-state index contributed by atoms with van der Waals surface area (Å²) in [6.07, 6.45) is 0. The quantitative estimate of drug-likeness (QED) is 0.673. The van der Waals surface area contributed by atoms with Gasteiger partial charge in [0.1, 0.15) is 11.5 Å². The largest absolute Gasteiger partial charge is 0.497 e. The molecule has 6 heteroatoms. The van der Waals surface area contributed by atoms with Gasteiger partial charge in [0.15, 0.2) is 5.76 Å². The van der Waals surface area contributed by atoms with Crippen LogP contribution >= 0.6 is 0 Å². The Hall–Kier alpha value is -2.86. The molecule has 1 atom stereocenters. The maximum Gasteiger partial charge on any atom is 0.287 e. The number of amides is 1. The first-order valence-electron chi connectivity index (χ1n) is 8.50. The molecule has 1 N–H and O–H groups in total. The van der Waals surface area contributed by atoms with Gasteiger partial charge in [-0.05, 0) is 54.4 Å². The summed E-state index contributed by atoms with van der Waals surface area (Å²) in [4.78, 5) is 13.0. The summed E-state index contributed by atoms with van der Waals surface area (Å²) >= 11 is 0. The van der Waals surface area contributed by atoms with Crippen molar-refractivity contribution in [3.8, 4) is 5.75 Å². The van der Waals surface area contributed by atoms with Crippen LogP contribution in [0.15, 0.2) is 70.0 Å². The van der Waals surface area contributed by atoms with Gasteiger partial charge in [0, 0.05) is 11.4 Å². The number of hydrogen-bond donors (Lipinski definition) is 1. The summed E-state index contributed by atoms with van der Waals surface area (Å²) in [5.41, 5.74) is 2.17. The van der Waals surface area contributed by atoms with Crippen LogP contribution in [-0.2, 0) is 23.1 Å². The number of carbonyl (C=O) groups excluding carboxylic acids is 1. The second-order valence-electron chi connectivity index (χ2n) is 6.04. The zero-order valence-corrected chi connectivity index (χ0v) is 16.0. The zero-order chi connectivity index (χ0) is 19.2. The van der Waals surface area contributed by atoms with Crippen LogP contribution in [0.4, 0.5) is 0 Å². The molecule has 2 aromatic carbocycles. The third-order valence-electron chi connectivity index (χ3n) is 4.18. The van der Waals surface area contributed by atoms with Crippen molar-refractivity contribution in [2.24, 2.45) is 0 Å². The molecule has 0 radical (unpaired) electrons. The van der Waals surface area contributed by atoms with Crippen molar-refractivity contribution in [1.29, 1.82) is 0 Å². The molecule has 0 saturated carbocycles. The maximum atomic E-state index is 12.5. The Bertz CT molecular complexity index is 947. The predicted molar refractivity (Wildman–Crippen MR) is 104 cm³/mol. The molecular weight excluding hydrogens is 362 g/mol. The Morgan fingerprint density at radius 1 is 1.07 bits per heavy atom. The van der Waals surface area contributed by atoms with Gasteiger partial charge in [-0.25, -0.2) is 0 Å². The average molecular weight is 383 g/mol. The predicted octanol–water partition coefficient (Wildman–Crippen LogP) is 3.83. The van der Waals surface area contributed by atoms with Crippen LogP contribution in [0.1, 0.15) is 27.4 Å². The summed E-state index contributed by atoms with van der Waals surface area (Å²) < 4.78 is 23.1. The number of hydrogen-bond acceptors (Lipinski definition) is 4. The van der Waals surface area contributed by atoms with E-state index in [4.69, 9.17) is 9.15 Å². The standard InChI is InChI=1S/C21H21NO4S/c1-15-5-3-4-6-16(15)13-22-21(23)20-12-9-18(26-20)14-27(24)19-10-7-17(25-2)8-11-19/h3-12H,13-14H2,1-2H3,(H,22,23)/t27-/m0/s1. The summed E-state index contributed by atoms with van der Waals surface area (Å²) in [5, 5.41) is 2.84. The Kier molecular flexibility index (Phi) is 6.08. The van der Waals surface area contributed by atoms with E-state index in [1.165, 1.54) is 0 Å². The molecule has 0 saturated heterocycles. The van der Waals surface area contributed by atoms with E-state index in [1.807, 2.05) is 31.2 Å². The van der Waals surface area contributed by atoms with Crippen molar-refractivity contribution in [2.45, 2.75) is 24.1 Å². The van der Waals surface area contributed by atoms with E-state index in [-0.39, 0.29) is 17.4 Å². The third kappa shape index (κ3) is 4.86. The third-order valence-corrected chi connectivity index (χ3v) is 5.53. The van der Waals surface area contributed by atoms with Crippen molar-refractivity contribution in [1.82, 2.24) is 5.32 Å². The summed E-state index contributed by atoms with van der Waals surface area (Å²) in [7, 11) is 0.322. The summed E-state index contributed by atoms with van der Waals surface area (Å²) in [6.45, 7) is 2.43. The minimum Gasteiger partial charge on any atom is -0.497 e. The number of nitrogens with one attached hydrogen (secondary N) is 1. The summed E-state index contributed by atoms with van der Waals surface area (Å²) in [6, 6.07) is 18.2. The molecular formula is C21H21NO4S. The van der Waals surface area contributed by atoms with Crippen LogP contribution in [0.2, 0.25) is 0 Å². The Morgan fingerprint density at radius 2 is 1.81 bits per heavy atom. The van der Waals surface area contributed by atoms with Crippen LogP contribution in [-0.4, -0.2) is 17.2 Å². The van der Waals surface area contributed by atoms with Crippen LogP contribution < -0.4 is 10.1 Å². The number of methoxy groups -OCH3 is 1. The second-order valence-corrected chi connectivity index (χ2v) is 7.49. The van der Waals surface area contributed by atoms with Gasteiger partial charge in [-0.1, -0.05) is 24.3 Å². The molecule has 5 nitrogen and oxygen atoms in total. The van der Waals surface area contributed by atoms with Gasteiger partial charge in [0.2, 0.25) is 0 Å². The molecule has 27 heavy (non-hydrogen) atoms. The minimum atomic E-state index is -1.26. The second kappa shape index (κ2) is 8.68. The molecule has 0 bridgehead atoms. The Labute approximate surface area is 160 Å². The number of furan rings is 1. The first-order valence-corrected chi connectivity index (χ1v) is 9.82. The molecule has 0 aliphatic rings. The molecule has 0 aliphatic heterocycles. The lowest BCUT2D eigenvalue weighted by molar-refractivity contribution is 0.0921. The Morgan fingerprint density at radius 3 is 2.52 bits per heavy atom. The number of rotatable bonds is 7. The van der Waals surface area contributed by atoms with Crippen LogP contribution in [0, 0.1) is 6.92 Å². The Balaban J connectivity index is 1.59. The first kappa shape index (κ1) is 18.9. The van der Waals surface area contributed by atoms with E-state index in [1.54, 1.807) is 43.5 Å². The average Bonchev–Trinajstić information content (AvgIpc) is 3.15. The normalized spacial score (nSPS) is 11.8. The SMILES string of the molecule is COc1ccc([S@@](=O)Cc2ccc(C(=O)NCc3ccccc3C)o2)cc1. The van der Waals surface area contributed by atoms with Crippen molar-refractivity contribution in [3.05, 3.63) is 83.3 Å². The molecule has 3 aromatic rings. The van der Waals surface area contributed by atoms with E-state index in [9.17, 15) is 9.00 Å². The monoisotopic (exact) mass is 383 g/mol. The fraction of sp³-hybridized carbons (Fsp3) is 0.190. The highest BCUT2D eigenvalue weighted by atomic mass is 32.2. The lowest BCUT2D eigenvalue weighted by Crippen LogP contribution is -2.22. The molecule has 1 amide bonds. The molecule has 140 valence electrons. The van der Waals surface area contributed by atoms with E-state index in [0.29, 0.717) is 22.9 Å². The molecule has 0 spiro atoms. The van der Waals surface area contributed by atoms with E-state index >= 15 is 0 Å². The van der Waals surface area contributed by atoms with Crippen molar-refractivity contribution in [2.75, 3.05) is 7.11 Å². The van der Waals surface area contributed by atoms with E-state index in [2.05, 4.69) is 5.32 Å². The fourth-order valence-electron chi connectivity index (χ4n) is 2.59. The highest BCUT2D eigenvalue weighted by Gasteiger charge is 2.14. The van der Waals surface area contributed by atoms with Crippen molar-refractivity contribution < 1.29 is 18.2 Å². The molecule has 1 aromatic heterocycles. The lowest BCUT2D eigenvalue weighted by atomic mass is 10.1. The van der Waals surface area contributed by atoms with Gasteiger partial charge >= 0.3 is 0 Å². The van der Waals surface area contributed by atoms with E-state index in [0.717, 1.165) is 11.1 Å². The minimum absolute atomic E-state index is 0.206. The van der Waals surface area contributed by atoms with Gasteiger partial charge in [0.05, 0.1) is 23.7 Å². The molecule has 0 fully saturated rings. The molecule has 0 aliphatic carbocycles. The highest BCUT2D eigenvalue weighted by molar-refractivity contribution is 7.84. The fourth-order valence-corrected chi connectivity index (χ4v) is 3.61. The molecule has 3 rings (SSSR count). The van der Waals surface area contributed by atoms with Gasteiger partial charge in [-0.2, -0.15) is 0 Å². The number of aryl methyl sites for hydroxylation is 1. The van der Waals surface area contributed by atoms with E-state index < -0.39 is 10.8 Å². The number of carbonyl (C=O) groups is 1. The highest BCUT2D eigenvalue weighted by Crippen LogP contribution is 2.18. The van der Waals surface area contributed by atoms with Gasteiger partial charge in [-0.15, -0.1) is 0 Å². The topological polar surface area (TPSA) is 68.5 Å². The summed E-state index contributed by atoms with van der Waals surface area (Å²) in [5.74, 6) is 1.34. The first-order chi connectivity index (χ1) is 13.1. The zero-order valence-electron chi connectivity index (χ0n) is 15.2. The number of benzene rings is 2. The molecule has 0 unspecified atom stereocenters. The van der Waals surface area contributed by atoms with Crippen LogP contribution in [0.25, 0.3) is 0 Å². The lowest BCUT2D eigenvalue weighted by Gasteiger charge is -2.06. The smallest absolute Gasteiger partial charge is 0.287 e. The van der Waals surface area contributed by atoms with Gasteiger partial charge < -0.3 is 14.5 Å².